The van der Waals surface area contributed by atoms with Gasteiger partial charge in [-0.05, 0) is 122 Å². The van der Waals surface area contributed by atoms with Gasteiger partial charge in [0.2, 0.25) is 0 Å². The predicted molar refractivity (Wildman–Crippen MR) is 263 cm³/mol. The molecular formula is C60H42N2. The Kier molecular flexibility index (Phi) is 9.57. The molecule has 292 valence electrons. The molecule has 0 atom stereocenters. The summed E-state index contributed by atoms with van der Waals surface area (Å²) in [6, 6.07) is 92.1. The van der Waals surface area contributed by atoms with Crippen LogP contribution >= 0.6 is 0 Å². The zero-order valence-corrected chi connectivity index (χ0v) is 34.1. The summed E-state index contributed by atoms with van der Waals surface area (Å²) in [6.07, 6.45) is 0. The third kappa shape index (κ3) is 6.74. The standard InChI is InChI=1S/C60H42N2/c1-5-20-43(21-6-1)52-32-13-14-34-56(52)60-53(44-22-7-2-8-23-44)35-19-36-54(60)47-25-18-31-51(41-47)61(48-26-9-3-10-27-48)50-30-17-24-45(40-50)46-38-39-59-57(42-46)55-33-15-16-37-58(55)62(59)49-28-11-4-12-29-49/h1-42H. The molecule has 0 spiro atoms. The molecule has 0 bridgehead atoms. The second-order valence-electron chi connectivity index (χ2n) is 15.7. The number of para-hydroxylation sites is 3. The molecule has 0 saturated carbocycles. The van der Waals surface area contributed by atoms with Crippen LogP contribution in [0.5, 0.6) is 0 Å². The summed E-state index contributed by atoms with van der Waals surface area (Å²) in [5.74, 6) is 0. The van der Waals surface area contributed by atoms with Gasteiger partial charge in [-0.1, -0.05) is 188 Å². The summed E-state index contributed by atoms with van der Waals surface area (Å²) in [5.41, 5.74) is 18.7. The molecule has 1 heterocycles. The molecule has 0 aliphatic rings. The molecule has 0 aliphatic carbocycles. The van der Waals surface area contributed by atoms with E-state index in [1.54, 1.807) is 0 Å². The van der Waals surface area contributed by atoms with Crippen LogP contribution in [-0.2, 0) is 0 Å². The number of hydrogen-bond acceptors (Lipinski definition) is 1. The van der Waals surface area contributed by atoms with E-state index in [0.29, 0.717) is 0 Å². The van der Waals surface area contributed by atoms with Gasteiger partial charge in [0.25, 0.3) is 0 Å². The summed E-state index contributed by atoms with van der Waals surface area (Å²) in [7, 11) is 0. The van der Waals surface area contributed by atoms with E-state index in [1.165, 1.54) is 66.3 Å². The van der Waals surface area contributed by atoms with Gasteiger partial charge in [0.1, 0.15) is 0 Å². The highest BCUT2D eigenvalue weighted by atomic mass is 15.1. The SMILES string of the molecule is c1ccc(-c2ccccc2-c2c(-c3ccccc3)cccc2-c2cccc(N(c3ccccc3)c3cccc(-c4ccc5c(c4)c4ccccc4n5-c4ccccc4)c3)c2)cc1. The van der Waals surface area contributed by atoms with E-state index in [9.17, 15) is 0 Å². The number of fused-ring (bicyclic) bond motifs is 3. The highest BCUT2D eigenvalue weighted by Gasteiger charge is 2.20. The van der Waals surface area contributed by atoms with E-state index < -0.39 is 0 Å². The molecule has 2 nitrogen and oxygen atoms in total. The zero-order chi connectivity index (χ0) is 41.2. The van der Waals surface area contributed by atoms with Gasteiger partial charge in [0, 0.05) is 33.5 Å². The van der Waals surface area contributed by atoms with Gasteiger partial charge in [-0.15, -0.1) is 0 Å². The number of rotatable bonds is 9. The molecule has 1 aromatic heterocycles. The lowest BCUT2D eigenvalue weighted by Gasteiger charge is -2.27. The first-order valence-electron chi connectivity index (χ1n) is 21.3. The Hall–Kier alpha value is -8.20. The third-order valence-electron chi connectivity index (χ3n) is 12.0. The van der Waals surface area contributed by atoms with Crippen molar-refractivity contribution < 1.29 is 0 Å². The van der Waals surface area contributed by atoms with Gasteiger partial charge in [-0.3, -0.25) is 0 Å². The van der Waals surface area contributed by atoms with Crippen LogP contribution in [0.4, 0.5) is 17.1 Å². The van der Waals surface area contributed by atoms with Crippen LogP contribution in [0.1, 0.15) is 0 Å². The van der Waals surface area contributed by atoms with Crippen molar-refractivity contribution in [3.8, 4) is 61.3 Å². The molecule has 0 unspecified atom stereocenters. The fourth-order valence-electron chi connectivity index (χ4n) is 9.18. The Labute approximate surface area is 362 Å². The van der Waals surface area contributed by atoms with Crippen LogP contribution in [0.3, 0.4) is 0 Å². The number of benzene rings is 10. The minimum absolute atomic E-state index is 1.08. The first kappa shape index (κ1) is 36.8. The molecule has 10 aromatic carbocycles. The van der Waals surface area contributed by atoms with Gasteiger partial charge in [-0.25, -0.2) is 0 Å². The molecule has 0 aliphatic heterocycles. The van der Waals surface area contributed by atoms with Crippen molar-refractivity contribution in [2.75, 3.05) is 4.90 Å². The summed E-state index contributed by atoms with van der Waals surface area (Å²) >= 11 is 0. The lowest BCUT2D eigenvalue weighted by molar-refractivity contribution is 1.18. The van der Waals surface area contributed by atoms with Gasteiger partial charge in [0.15, 0.2) is 0 Å². The molecule has 11 rings (SSSR count). The normalized spacial score (nSPS) is 11.2. The summed E-state index contributed by atoms with van der Waals surface area (Å²) in [6.45, 7) is 0. The molecule has 0 fully saturated rings. The van der Waals surface area contributed by atoms with Crippen LogP contribution in [0.25, 0.3) is 83.1 Å². The van der Waals surface area contributed by atoms with E-state index in [1.807, 2.05) is 0 Å². The highest BCUT2D eigenvalue weighted by molar-refractivity contribution is 6.10. The highest BCUT2D eigenvalue weighted by Crippen LogP contribution is 2.46. The first-order valence-corrected chi connectivity index (χ1v) is 21.3. The molecule has 0 amide bonds. The second-order valence-corrected chi connectivity index (χ2v) is 15.7. The fraction of sp³-hybridized carbons (Fsp3) is 0. The summed E-state index contributed by atoms with van der Waals surface area (Å²) < 4.78 is 2.37. The Morgan fingerprint density at radius 1 is 0.258 bits per heavy atom. The zero-order valence-electron chi connectivity index (χ0n) is 34.1. The summed E-state index contributed by atoms with van der Waals surface area (Å²) in [4.78, 5) is 2.38. The molecule has 2 heteroatoms. The number of aromatic nitrogens is 1. The van der Waals surface area contributed by atoms with E-state index in [0.717, 1.165) is 33.9 Å². The van der Waals surface area contributed by atoms with E-state index >= 15 is 0 Å². The minimum atomic E-state index is 1.08. The summed E-state index contributed by atoms with van der Waals surface area (Å²) in [5, 5.41) is 2.48. The quantitative estimate of drug-likeness (QED) is 0.141. The Morgan fingerprint density at radius 3 is 1.42 bits per heavy atom. The molecule has 0 N–H and O–H groups in total. The molecule has 11 aromatic rings. The van der Waals surface area contributed by atoms with Gasteiger partial charge < -0.3 is 9.47 Å². The van der Waals surface area contributed by atoms with Gasteiger partial charge in [-0.2, -0.15) is 0 Å². The Bertz CT molecular complexity index is 3330. The Balaban J connectivity index is 1.06. The van der Waals surface area contributed by atoms with Crippen LogP contribution in [0, 0.1) is 0 Å². The largest absolute Gasteiger partial charge is 0.310 e. The van der Waals surface area contributed by atoms with Crippen LogP contribution < -0.4 is 4.90 Å². The monoisotopic (exact) mass is 790 g/mol. The molecule has 0 saturated heterocycles. The third-order valence-corrected chi connectivity index (χ3v) is 12.0. The van der Waals surface area contributed by atoms with Crippen molar-refractivity contribution in [3.63, 3.8) is 0 Å². The van der Waals surface area contributed by atoms with E-state index in [2.05, 4.69) is 264 Å². The average molecular weight is 791 g/mol. The maximum absolute atomic E-state index is 2.38. The van der Waals surface area contributed by atoms with Crippen molar-refractivity contribution >= 4 is 38.9 Å². The van der Waals surface area contributed by atoms with E-state index in [-0.39, 0.29) is 0 Å². The second kappa shape index (κ2) is 16.1. The van der Waals surface area contributed by atoms with E-state index in [4.69, 9.17) is 0 Å². The topological polar surface area (TPSA) is 8.17 Å². The van der Waals surface area contributed by atoms with Crippen molar-refractivity contribution in [2.24, 2.45) is 0 Å². The first-order chi connectivity index (χ1) is 30.8. The number of hydrogen-bond donors (Lipinski definition) is 0. The van der Waals surface area contributed by atoms with Crippen molar-refractivity contribution in [1.29, 1.82) is 0 Å². The lowest BCUT2D eigenvalue weighted by atomic mass is 9.84. The number of anilines is 3. The molecular weight excluding hydrogens is 749 g/mol. The minimum Gasteiger partial charge on any atom is -0.310 e. The van der Waals surface area contributed by atoms with Crippen molar-refractivity contribution in [3.05, 3.63) is 255 Å². The van der Waals surface area contributed by atoms with Crippen LogP contribution in [0.2, 0.25) is 0 Å². The molecule has 62 heavy (non-hydrogen) atoms. The van der Waals surface area contributed by atoms with Crippen molar-refractivity contribution in [2.45, 2.75) is 0 Å². The number of nitrogens with zero attached hydrogens (tertiary/aromatic N) is 2. The van der Waals surface area contributed by atoms with Gasteiger partial charge in [0.05, 0.1) is 11.0 Å². The predicted octanol–water partition coefficient (Wildman–Crippen LogP) is 16.6. The Morgan fingerprint density at radius 2 is 0.710 bits per heavy atom. The van der Waals surface area contributed by atoms with Crippen molar-refractivity contribution in [1.82, 2.24) is 4.57 Å². The molecule has 0 radical (unpaired) electrons. The maximum Gasteiger partial charge on any atom is 0.0541 e. The maximum atomic E-state index is 2.38. The smallest absolute Gasteiger partial charge is 0.0541 e. The van der Waals surface area contributed by atoms with Crippen LogP contribution in [0.15, 0.2) is 255 Å². The van der Waals surface area contributed by atoms with Crippen LogP contribution in [-0.4, -0.2) is 4.57 Å². The lowest BCUT2D eigenvalue weighted by Crippen LogP contribution is -2.10. The van der Waals surface area contributed by atoms with Gasteiger partial charge >= 0.3 is 0 Å². The fourth-order valence-corrected chi connectivity index (χ4v) is 9.18. The average Bonchev–Trinajstić information content (AvgIpc) is 3.69.